The summed E-state index contributed by atoms with van der Waals surface area (Å²) in [5, 5.41) is 0. The second kappa shape index (κ2) is 3.08. The lowest BCUT2D eigenvalue weighted by atomic mass is 10.2. The van der Waals surface area contributed by atoms with Crippen LogP contribution in [-0.2, 0) is 0 Å². The van der Waals surface area contributed by atoms with Gasteiger partial charge in [0.15, 0.2) is 0 Å². The number of nitrogens with zero attached hydrogens (tertiary/aromatic N) is 1. The molecule has 0 amide bonds. The van der Waals surface area contributed by atoms with Crippen molar-refractivity contribution in [2.24, 2.45) is 0 Å². The van der Waals surface area contributed by atoms with E-state index in [2.05, 4.69) is 0 Å². The van der Waals surface area contributed by atoms with E-state index in [0.29, 0.717) is 0 Å². The molecule has 0 aromatic carbocycles. The molecule has 1 heterocycles. The van der Waals surface area contributed by atoms with Crippen LogP contribution in [-0.4, -0.2) is 18.0 Å². The van der Waals surface area contributed by atoms with Crippen LogP contribution in [0.15, 0.2) is 0 Å². The quantitative estimate of drug-likeness (QED) is 0.458. The Labute approximate surface area is 51.7 Å². The van der Waals surface area contributed by atoms with Gasteiger partial charge in [-0.3, -0.25) is 4.90 Å². The van der Waals surface area contributed by atoms with Crippen molar-refractivity contribution in [1.82, 2.24) is 4.90 Å². The van der Waals surface area contributed by atoms with Gasteiger partial charge in [-0.15, -0.1) is 0 Å². The SMILES string of the molecule is [CH]N1CCCCCC1. The van der Waals surface area contributed by atoms with E-state index in [4.69, 9.17) is 7.05 Å². The molecule has 8 heavy (non-hydrogen) atoms. The van der Waals surface area contributed by atoms with Gasteiger partial charge in [0.1, 0.15) is 0 Å². The van der Waals surface area contributed by atoms with Crippen molar-refractivity contribution in [1.29, 1.82) is 0 Å². The van der Waals surface area contributed by atoms with Gasteiger partial charge in [-0.1, -0.05) is 12.8 Å². The van der Waals surface area contributed by atoms with Crippen LogP contribution in [0.5, 0.6) is 0 Å². The summed E-state index contributed by atoms with van der Waals surface area (Å²) in [6.45, 7) is 2.19. The van der Waals surface area contributed by atoms with Crippen LogP contribution in [0.25, 0.3) is 0 Å². The summed E-state index contributed by atoms with van der Waals surface area (Å²) in [7, 11) is 5.57. The molecule has 1 aliphatic heterocycles. The summed E-state index contributed by atoms with van der Waals surface area (Å²) < 4.78 is 0. The normalized spacial score (nSPS) is 25.1. The second-order valence-electron chi connectivity index (χ2n) is 2.45. The average molecular weight is 111 g/mol. The fourth-order valence-corrected chi connectivity index (χ4v) is 1.10. The molecule has 1 fully saturated rings. The predicted molar refractivity (Wildman–Crippen MR) is 34.3 cm³/mol. The van der Waals surface area contributed by atoms with Crippen molar-refractivity contribution in [2.45, 2.75) is 25.7 Å². The summed E-state index contributed by atoms with van der Waals surface area (Å²) in [4.78, 5) is 1.92. The van der Waals surface area contributed by atoms with E-state index >= 15 is 0 Å². The molecule has 1 nitrogen and oxygen atoms in total. The molecular formula is C7H13N. The Kier molecular flexibility index (Phi) is 2.34. The first-order valence-corrected chi connectivity index (χ1v) is 3.39. The molecule has 0 N–H and O–H groups in total. The second-order valence-corrected chi connectivity index (χ2v) is 2.45. The third kappa shape index (κ3) is 1.83. The van der Waals surface area contributed by atoms with E-state index in [0.717, 1.165) is 13.1 Å². The van der Waals surface area contributed by atoms with Gasteiger partial charge in [0, 0.05) is 7.05 Å². The minimum atomic E-state index is 1.10. The van der Waals surface area contributed by atoms with E-state index in [1.165, 1.54) is 25.7 Å². The molecule has 0 aliphatic carbocycles. The zero-order chi connectivity index (χ0) is 5.82. The van der Waals surface area contributed by atoms with Crippen LogP contribution in [0.3, 0.4) is 0 Å². The van der Waals surface area contributed by atoms with Crippen LogP contribution in [0.4, 0.5) is 0 Å². The Morgan fingerprint density at radius 1 is 0.875 bits per heavy atom. The third-order valence-electron chi connectivity index (χ3n) is 1.64. The molecule has 0 saturated carbocycles. The van der Waals surface area contributed by atoms with Crippen LogP contribution < -0.4 is 0 Å². The lowest BCUT2D eigenvalue weighted by Crippen LogP contribution is -2.15. The first-order valence-electron chi connectivity index (χ1n) is 3.39. The summed E-state index contributed by atoms with van der Waals surface area (Å²) in [6, 6.07) is 0. The summed E-state index contributed by atoms with van der Waals surface area (Å²) in [5.74, 6) is 0. The van der Waals surface area contributed by atoms with E-state index < -0.39 is 0 Å². The molecule has 1 saturated heterocycles. The van der Waals surface area contributed by atoms with Gasteiger partial charge < -0.3 is 0 Å². The lowest BCUT2D eigenvalue weighted by molar-refractivity contribution is 0.386. The molecule has 0 unspecified atom stereocenters. The van der Waals surface area contributed by atoms with Crippen molar-refractivity contribution in [3.63, 3.8) is 0 Å². The molecule has 1 heteroatoms. The lowest BCUT2D eigenvalue weighted by Gasteiger charge is -2.09. The van der Waals surface area contributed by atoms with Crippen LogP contribution >= 0.6 is 0 Å². The van der Waals surface area contributed by atoms with Crippen molar-refractivity contribution in [3.8, 4) is 0 Å². The summed E-state index contributed by atoms with van der Waals surface area (Å²) in [6.07, 6.45) is 5.31. The Hall–Kier alpha value is -0.0400. The van der Waals surface area contributed by atoms with Gasteiger partial charge in [-0.2, -0.15) is 0 Å². The van der Waals surface area contributed by atoms with Gasteiger partial charge in [-0.25, -0.2) is 0 Å². The topological polar surface area (TPSA) is 3.24 Å². The highest BCUT2D eigenvalue weighted by Crippen LogP contribution is 2.07. The monoisotopic (exact) mass is 111 g/mol. The maximum atomic E-state index is 5.57. The number of rotatable bonds is 0. The molecule has 1 aliphatic rings. The van der Waals surface area contributed by atoms with Crippen LogP contribution in [0.2, 0.25) is 0 Å². The Balaban J connectivity index is 2.17. The highest BCUT2D eigenvalue weighted by Gasteiger charge is 2.02. The number of hydrogen-bond acceptors (Lipinski definition) is 1. The van der Waals surface area contributed by atoms with Gasteiger partial charge in [0.2, 0.25) is 0 Å². The molecule has 0 aromatic heterocycles. The van der Waals surface area contributed by atoms with E-state index in [9.17, 15) is 0 Å². The first kappa shape index (κ1) is 6.09. The molecule has 0 spiro atoms. The van der Waals surface area contributed by atoms with Crippen LogP contribution in [0, 0.1) is 7.05 Å². The fraction of sp³-hybridized carbons (Fsp3) is 0.857. The standard InChI is InChI=1S/C7H13N/c1-8-6-4-2-3-5-7-8/h1H,2-7H2. The molecule has 0 bridgehead atoms. The highest BCUT2D eigenvalue weighted by molar-refractivity contribution is 4.60. The van der Waals surface area contributed by atoms with Gasteiger partial charge in [0.05, 0.1) is 0 Å². The van der Waals surface area contributed by atoms with Crippen LogP contribution in [0.1, 0.15) is 25.7 Å². The van der Waals surface area contributed by atoms with Gasteiger partial charge >= 0.3 is 0 Å². The van der Waals surface area contributed by atoms with Crippen molar-refractivity contribution in [2.75, 3.05) is 13.1 Å². The maximum Gasteiger partial charge on any atom is 0.0438 e. The minimum Gasteiger partial charge on any atom is -0.297 e. The third-order valence-corrected chi connectivity index (χ3v) is 1.64. The zero-order valence-corrected chi connectivity index (χ0v) is 5.27. The summed E-state index contributed by atoms with van der Waals surface area (Å²) in [5.41, 5.74) is 0. The minimum absolute atomic E-state index is 1.10. The van der Waals surface area contributed by atoms with Crippen molar-refractivity contribution < 1.29 is 0 Å². The van der Waals surface area contributed by atoms with E-state index in [-0.39, 0.29) is 0 Å². The first-order chi connectivity index (χ1) is 3.89. The average Bonchev–Trinajstić information content (AvgIpc) is 1.94. The van der Waals surface area contributed by atoms with E-state index in [1.807, 2.05) is 4.90 Å². The van der Waals surface area contributed by atoms with Gasteiger partial charge in [-0.05, 0) is 25.9 Å². The molecule has 46 valence electrons. The van der Waals surface area contributed by atoms with Crippen molar-refractivity contribution >= 4 is 0 Å². The van der Waals surface area contributed by atoms with Crippen molar-refractivity contribution in [3.05, 3.63) is 7.05 Å². The number of hydrogen-bond donors (Lipinski definition) is 0. The van der Waals surface area contributed by atoms with E-state index in [1.54, 1.807) is 0 Å². The Morgan fingerprint density at radius 2 is 1.38 bits per heavy atom. The molecule has 0 aromatic rings. The maximum absolute atomic E-state index is 5.57. The molecule has 2 radical (unpaired) electrons. The van der Waals surface area contributed by atoms with Gasteiger partial charge in [0.25, 0.3) is 0 Å². The fourth-order valence-electron chi connectivity index (χ4n) is 1.10. The molecule has 0 atom stereocenters. The Bertz CT molecular complexity index is 53.4. The molecule has 1 rings (SSSR count). The molecular weight excluding hydrogens is 98.1 g/mol. The smallest absolute Gasteiger partial charge is 0.0438 e. The summed E-state index contributed by atoms with van der Waals surface area (Å²) >= 11 is 0. The number of likely N-dealkylation sites (tertiary alicyclic amines) is 1. The largest absolute Gasteiger partial charge is 0.297 e. The Morgan fingerprint density at radius 3 is 1.88 bits per heavy atom. The predicted octanol–water partition coefficient (Wildman–Crippen LogP) is 1.53. The zero-order valence-electron chi connectivity index (χ0n) is 5.27. The highest BCUT2D eigenvalue weighted by atomic mass is 15.1.